The monoisotopic (exact) mass is 474 g/mol. The summed E-state index contributed by atoms with van der Waals surface area (Å²) >= 11 is 0. The maximum absolute atomic E-state index is 6.49. The third-order valence-electron chi connectivity index (χ3n) is 6.10. The molecule has 0 bridgehead atoms. The topological polar surface area (TPSA) is 43.2 Å². The van der Waals surface area contributed by atoms with Gasteiger partial charge in [-0.05, 0) is 74.2 Å². The van der Waals surface area contributed by atoms with E-state index in [-0.39, 0.29) is 0 Å². The molecule has 0 N–H and O–H groups in total. The van der Waals surface area contributed by atoms with Crippen LogP contribution in [0.2, 0.25) is 0 Å². The van der Waals surface area contributed by atoms with Crippen molar-refractivity contribution in [3.05, 3.63) is 97.1 Å². The third-order valence-corrected chi connectivity index (χ3v) is 6.10. The second kappa shape index (κ2) is 9.49. The fourth-order valence-corrected chi connectivity index (χ4v) is 4.83. The molecule has 1 aliphatic heterocycles. The molecule has 36 heavy (non-hydrogen) atoms. The zero-order chi connectivity index (χ0) is 25.2. The number of rotatable bonds is 2. The Bertz CT molecular complexity index is 1330. The highest BCUT2D eigenvalue weighted by atomic mass is 16.5. The zero-order valence-electron chi connectivity index (χ0n) is 21.2. The van der Waals surface area contributed by atoms with Crippen LogP contribution >= 0.6 is 0 Å². The molecule has 0 amide bonds. The summed E-state index contributed by atoms with van der Waals surface area (Å²) < 4.78 is 13.0. The molecule has 0 unspecified atom stereocenters. The highest BCUT2D eigenvalue weighted by Gasteiger charge is 2.33. The first-order valence-corrected chi connectivity index (χ1v) is 12.2. The number of benzene rings is 4. The van der Waals surface area contributed by atoms with Crippen LogP contribution in [0.5, 0.6) is 11.5 Å². The van der Waals surface area contributed by atoms with Crippen molar-refractivity contribution in [1.82, 2.24) is 0 Å². The van der Waals surface area contributed by atoms with Crippen molar-refractivity contribution in [3.8, 4) is 33.8 Å². The van der Waals surface area contributed by atoms with E-state index in [4.69, 9.17) is 9.47 Å². The molecule has 0 radical (unpaired) electrons. The van der Waals surface area contributed by atoms with Gasteiger partial charge in [0.1, 0.15) is 40.1 Å². The van der Waals surface area contributed by atoms with E-state index >= 15 is 0 Å². The molecule has 0 spiro atoms. The number of hydrogen-bond acceptors (Lipinski definition) is 4. The van der Waals surface area contributed by atoms with Crippen LogP contribution in [-0.2, 0) is 0 Å². The van der Waals surface area contributed by atoms with Gasteiger partial charge in [0.2, 0.25) is 0 Å². The molecule has 0 saturated carbocycles. The molecular formula is C32H30N2O2. The molecule has 1 heterocycles. The summed E-state index contributed by atoms with van der Waals surface area (Å²) in [5.41, 5.74) is 4.73. The molecule has 4 aromatic carbocycles. The van der Waals surface area contributed by atoms with E-state index in [0.29, 0.717) is 29.3 Å². The van der Waals surface area contributed by atoms with Crippen LogP contribution in [0.1, 0.15) is 34.1 Å². The van der Waals surface area contributed by atoms with Crippen molar-refractivity contribution >= 4 is 17.4 Å². The fourth-order valence-electron chi connectivity index (χ4n) is 4.83. The fraction of sp³-hybridized carbons (Fsp3) is 0.219. The van der Waals surface area contributed by atoms with E-state index in [1.165, 1.54) is 0 Å². The SMILES string of the molecule is CC1(C)CC(C)(C)Oc2ccc(-c3ccccc3)cc2N=C=Nc2cc(-c3ccccc3)ccc2O1. The lowest BCUT2D eigenvalue weighted by Gasteiger charge is -2.36. The van der Waals surface area contributed by atoms with E-state index in [0.717, 1.165) is 22.3 Å². The Labute approximate surface area is 213 Å². The molecule has 0 fully saturated rings. The van der Waals surface area contributed by atoms with Crippen molar-refractivity contribution < 1.29 is 9.47 Å². The summed E-state index contributed by atoms with van der Waals surface area (Å²) in [7, 11) is 0. The highest BCUT2D eigenvalue weighted by molar-refractivity contribution is 5.75. The Morgan fingerprint density at radius 3 is 1.39 bits per heavy atom. The van der Waals surface area contributed by atoms with Crippen molar-refractivity contribution in [2.75, 3.05) is 0 Å². The number of fused-ring (bicyclic) bond motifs is 2. The van der Waals surface area contributed by atoms with Crippen LogP contribution in [0.15, 0.2) is 107 Å². The van der Waals surface area contributed by atoms with Crippen LogP contribution in [0.4, 0.5) is 11.4 Å². The Hall–Kier alpha value is -4.14. The summed E-state index contributed by atoms with van der Waals surface area (Å²) in [4.78, 5) is 9.23. The standard InChI is InChI=1S/C32H30N2O2/c1-31(2)21-32(3,4)36-30-18-16-26(24-13-9-6-10-14-24)20-28(30)34-22-33-27-19-25(15-17-29(27)35-31)23-11-7-5-8-12-23/h5-20H,21H2,1-4H3. The summed E-state index contributed by atoms with van der Waals surface area (Å²) in [6.45, 7) is 8.32. The van der Waals surface area contributed by atoms with E-state index < -0.39 is 11.2 Å². The molecular weight excluding hydrogens is 444 g/mol. The summed E-state index contributed by atoms with van der Waals surface area (Å²) in [6, 6.07) is 35.5. The van der Waals surface area contributed by atoms with Crippen LogP contribution in [0.3, 0.4) is 0 Å². The second-order valence-electron chi connectivity index (χ2n) is 10.3. The predicted molar refractivity (Wildman–Crippen MR) is 147 cm³/mol. The summed E-state index contributed by atoms with van der Waals surface area (Å²) in [5, 5.41) is 0. The molecule has 4 heteroatoms. The maximum atomic E-state index is 6.49. The van der Waals surface area contributed by atoms with E-state index in [2.05, 4.69) is 80.1 Å². The number of hydrogen-bond donors (Lipinski definition) is 0. The first-order valence-electron chi connectivity index (χ1n) is 12.2. The average Bonchev–Trinajstić information content (AvgIpc) is 2.85. The van der Waals surface area contributed by atoms with E-state index in [1.54, 1.807) is 0 Å². The van der Waals surface area contributed by atoms with Gasteiger partial charge in [-0.2, -0.15) is 9.98 Å². The van der Waals surface area contributed by atoms with Gasteiger partial charge in [-0.15, -0.1) is 0 Å². The molecule has 1 aliphatic rings. The van der Waals surface area contributed by atoms with Crippen LogP contribution in [0.25, 0.3) is 22.3 Å². The zero-order valence-corrected chi connectivity index (χ0v) is 21.2. The summed E-state index contributed by atoms with van der Waals surface area (Å²) in [6.07, 6.45) is 0.660. The molecule has 0 aliphatic carbocycles. The van der Waals surface area contributed by atoms with E-state index in [9.17, 15) is 0 Å². The quantitative estimate of drug-likeness (QED) is 0.291. The molecule has 0 aromatic heterocycles. The third kappa shape index (κ3) is 5.40. The average molecular weight is 475 g/mol. The number of ether oxygens (including phenoxy) is 2. The van der Waals surface area contributed by atoms with Gasteiger partial charge >= 0.3 is 0 Å². The maximum Gasteiger partial charge on any atom is 0.146 e. The van der Waals surface area contributed by atoms with Gasteiger partial charge in [-0.3, -0.25) is 0 Å². The Morgan fingerprint density at radius 1 is 0.556 bits per heavy atom. The minimum atomic E-state index is -0.498. The molecule has 5 rings (SSSR count). The van der Waals surface area contributed by atoms with Gasteiger partial charge in [-0.25, -0.2) is 0 Å². The first-order chi connectivity index (χ1) is 17.3. The lowest BCUT2D eigenvalue weighted by atomic mass is 9.91. The van der Waals surface area contributed by atoms with Crippen LogP contribution < -0.4 is 9.47 Å². The van der Waals surface area contributed by atoms with Gasteiger partial charge in [-0.1, -0.05) is 72.8 Å². The van der Waals surface area contributed by atoms with Crippen molar-refractivity contribution in [2.24, 2.45) is 9.98 Å². The van der Waals surface area contributed by atoms with Crippen molar-refractivity contribution in [2.45, 2.75) is 45.3 Å². The predicted octanol–water partition coefficient (Wildman–Crippen LogP) is 8.88. The summed E-state index contributed by atoms with van der Waals surface area (Å²) in [5.74, 6) is 1.38. The Morgan fingerprint density at radius 2 is 0.972 bits per heavy atom. The normalized spacial score (nSPS) is 15.9. The van der Waals surface area contributed by atoms with E-state index in [1.807, 2.05) is 60.7 Å². The number of aliphatic imine (C=N–C) groups is 2. The number of nitrogens with zero attached hydrogens (tertiary/aromatic N) is 2. The van der Waals surface area contributed by atoms with Gasteiger partial charge in [0.05, 0.1) is 0 Å². The minimum Gasteiger partial charge on any atom is -0.485 e. The molecule has 180 valence electrons. The van der Waals surface area contributed by atoms with Crippen LogP contribution in [-0.4, -0.2) is 17.2 Å². The molecule has 4 nitrogen and oxygen atoms in total. The highest BCUT2D eigenvalue weighted by Crippen LogP contribution is 2.40. The first kappa shape index (κ1) is 23.6. The van der Waals surface area contributed by atoms with Crippen molar-refractivity contribution in [1.29, 1.82) is 0 Å². The lowest BCUT2D eigenvalue weighted by molar-refractivity contribution is 0.00561. The smallest absolute Gasteiger partial charge is 0.146 e. The van der Waals surface area contributed by atoms with Gasteiger partial charge in [0.15, 0.2) is 0 Å². The second-order valence-corrected chi connectivity index (χ2v) is 10.3. The minimum absolute atomic E-state index is 0.498. The molecule has 4 aromatic rings. The van der Waals surface area contributed by atoms with Crippen molar-refractivity contribution in [3.63, 3.8) is 0 Å². The Balaban J connectivity index is 1.64. The molecule has 0 saturated heterocycles. The van der Waals surface area contributed by atoms with Gasteiger partial charge < -0.3 is 9.47 Å². The van der Waals surface area contributed by atoms with Crippen LogP contribution in [0, 0.1) is 0 Å². The lowest BCUT2D eigenvalue weighted by Crippen LogP contribution is -2.41. The molecule has 0 atom stereocenters. The Kier molecular flexibility index (Phi) is 6.22. The largest absolute Gasteiger partial charge is 0.485 e. The van der Waals surface area contributed by atoms with Gasteiger partial charge in [0.25, 0.3) is 0 Å². The van der Waals surface area contributed by atoms with Gasteiger partial charge in [0, 0.05) is 6.42 Å².